The first kappa shape index (κ1) is 15.9. The van der Waals surface area contributed by atoms with E-state index in [-0.39, 0.29) is 0 Å². The Morgan fingerprint density at radius 2 is 2.10 bits per heavy atom. The molecule has 0 atom stereocenters. The molecule has 1 aromatic heterocycles. The highest BCUT2D eigenvalue weighted by atomic mass is 32.2. The smallest absolute Gasteiger partial charge is 0.241 e. The number of hydrogen-bond donors (Lipinski definition) is 2. The predicted molar refractivity (Wildman–Crippen MR) is 82.5 cm³/mol. The number of sulfonamides is 1. The molecule has 1 aromatic rings. The topological polar surface area (TPSA) is 61.4 Å². The van der Waals surface area contributed by atoms with Crippen LogP contribution in [0.25, 0.3) is 0 Å². The molecule has 1 saturated heterocycles. The van der Waals surface area contributed by atoms with Crippen LogP contribution in [-0.4, -0.2) is 47.0 Å². The van der Waals surface area contributed by atoms with E-state index in [0.29, 0.717) is 23.9 Å². The molecular weight excluding hydrogens is 294 g/mol. The molecule has 0 spiro atoms. The Morgan fingerprint density at radius 3 is 2.75 bits per heavy atom. The van der Waals surface area contributed by atoms with Gasteiger partial charge in [0.1, 0.15) is 0 Å². The third-order valence-electron chi connectivity index (χ3n) is 3.73. The summed E-state index contributed by atoms with van der Waals surface area (Å²) in [5.74, 6) is 0.451. The van der Waals surface area contributed by atoms with Crippen molar-refractivity contribution in [1.82, 2.24) is 14.9 Å². The zero-order chi connectivity index (χ0) is 14.6. The molecule has 2 heterocycles. The minimum Gasteiger partial charge on any atom is -0.315 e. The monoisotopic (exact) mass is 317 g/mol. The van der Waals surface area contributed by atoms with E-state index in [2.05, 4.69) is 22.0 Å². The molecule has 0 saturated carbocycles. The number of thiophene rings is 1. The van der Waals surface area contributed by atoms with Gasteiger partial charge in [-0.2, -0.15) is 0 Å². The summed E-state index contributed by atoms with van der Waals surface area (Å²) in [5, 5.41) is 4.84. The van der Waals surface area contributed by atoms with Gasteiger partial charge in [0.25, 0.3) is 0 Å². The van der Waals surface area contributed by atoms with Gasteiger partial charge in [0.05, 0.1) is 4.90 Å². The summed E-state index contributed by atoms with van der Waals surface area (Å²) in [5.41, 5.74) is 0. The fourth-order valence-electron chi connectivity index (χ4n) is 2.43. The van der Waals surface area contributed by atoms with Crippen LogP contribution in [0.5, 0.6) is 0 Å². The highest BCUT2D eigenvalue weighted by Crippen LogP contribution is 2.22. The zero-order valence-electron chi connectivity index (χ0n) is 12.1. The van der Waals surface area contributed by atoms with Crippen LogP contribution in [0.3, 0.4) is 0 Å². The van der Waals surface area contributed by atoms with E-state index in [4.69, 9.17) is 0 Å². The molecular formula is C13H23N3O2S2. The summed E-state index contributed by atoms with van der Waals surface area (Å²) in [7, 11) is 0.553. The number of hydrogen-bond acceptors (Lipinski definition) is 5. The highest BCUT2D eigenvalue weighted by molar-refractivity contribution is 7.89. The van der Waals surface area contributed by atoms with Crippen LogP contribution in [0, 0.1) is 5.92 Å². The van der Waals surface area contributed by atoms with Crippen molar-refractivity contribution in [3.05, 3.63) is 16.3 Å². The van der Waals surface area contributed by atoms with Gasteiger partial charge in [-0.05, 0) is 57.4 Å². The van der Waals surface area contributed by atoms with Crippen LogP contribution < -0.4 is 10.0 Å². The van der Waals surface area contributed by atoms with Crippen molar-refractivity contribution < 1.29 is 8.42 Å². The second kappa shape index (κ2) is 7.00. The Bertz CT molecular complexity index is 519. The van der Waals surface area contributed by atoms with Crippen molar-refractivity contribution in [2.45, 2.75) is 24.3 Å². The van der Waals surface area contributed by atoms with E-state index in [1.54, 1.807) is 6.07 Å². The standard InChI is InChI=1S/C13H23N3O2S2/c1-14-10-12-13(5-8-19-12)20(17,18)15-9-11-3-6-16(2)7-4-11/h5,8,11,14-15H,3-4,6-7,9-10H2,1-2H3. The molecule has 0 aromatic carbocycles. The molecule has 7 heteroatoms. The summed E-state index contributed by atoms with van der Waals surface area (Å²) < 4.78 is 27.5. The van der Waals surface area contributed by atoms with Crippen molar-refractivity contribution in [2.75, 3.05) is 33.7 Å². The van der Waals surface area contributed by atoms with Crippen molar-refractivity contribution in [3.8, 4) is 0 Å². The fraction of sp³-hybridized carbons (Fsp3) is 0.692. The van der Waals surface area contributed by atoms with Crippen LogP contribution in [0.1, 0.15) is 17.7 Å². The summed E-state index contributed by atoms with van der Waals surface area (Å²) in [4.78, 5) is 3.57. The normalized spacial score (nSPS) is 18.5. The maximum atomic E-state index is 12.4. The van der Waals surface area contributed by atoms with E-state index >= 15 is 0 Å². The molecule has 1 aliphatic heterocycles. The van der Waals surface area contributed by atoms with Crippen LogP contribution in [-0.2, 0) is 16.6 Å². The maximum Gasteiger partial charge on any atom is 0.241 e. The molecule has 0 amide bonds. The van der Waals surface area contributed by atoms with Gasteiger partial charge in [-0.3, -0.25) is 0 Å². The Morgan fingerprint density at radius 1 is 1.40 bits per heavy atom. The third kappa shape index (κ3) is 4.02. The number of rotatable bonds is 6. The Hall–Kier alpha value is -0.470. The molecule has 20 heavy (non-hydrogen) atoms. The summed E-state index contributed by atoms with van der Waals surface area (Å²) in [6.45, 7) is 3.23. The Kier molecular flexibility index (Phi) is 5.57. The summed E-state index contributed by atoms with van der Waals surface area (Å²) in [6.07, 6.45) is 2.12. The second-order valence-electron chi connectivity index (χ2n) is 5.34. The summed E-state index contributed by atoms with van der Waals surface area (Å²) >= 11 is 1.47. The van der Waals surface area contributed by atoms with Crippen LogP contribution >= 0.6 is 11.3 Å². The van der Waals surface area contributed by atoms with Gasteiger partial charge in [-0.15, -0.1) is 11.3 Å². The molecule has 2 N–H and O–H groups in total. The number of nitrogens with one attached hydrogen (secondary N) is 2. The molecule has 0 bridgehead atoms. The van der Waals surface area contributed by atoms with Gasteiger partial charge in [0, 0.05) is 18.0 Å². The molecule has 114 valence electrons. The first-order chi connectivity index (χ1) is 9.53. The number of piperidine rings is 1. The highest BCUT2D eigenvalue weighted by Gasteiger charge is 2.22. The lowest BCUT2D eigenvalue weighted by Gasteiger charge is -2.28. The summed E-state index contributed by atoms with van der Waals surface area (Å²) in [6, 6.07) is 1.69. The molecule has 0 radical (unpaired) electrons. The Labute approximate surface area is 125 Å². The minimum atomic E-state index is -3.38. The van der Waals surface area contributed by atoms with Crippen molar-refractivity contribution in [2.24, 2.45) is 5.92 Å². The van der Waals surface area contributed by atoms with Crippen LogP contribution in [0.2, 0.25) is 0 Å². The zero-order valence-corrected chi connectivity index (χ0v) is 13.7. The molecule has 1 fully saturated rings. The van der Waals surface area contributed by atoms with Crippen molar-refractivity contribution >= 4 is 21.4 Å². The molecule has 0 aliphatic carbocycles. The van der Waals surface area contributed by atoms with Gasteiger partial charge in [-0.1, -0.05) is 0 Å². The lowest BCUT2D eigenvalue weighted by atomic mass is 9.98. The Balaban J connectivity index is 1.95. The van der Waals surface area contributed by atoms with Gasteiger partial charge < -0.3 is 10.2 Å². The van der Waals surface area contributed by atoms with E-state index < -0.39 is 10.0 Å². The van der Waals surface area contributed by atoms with Crippen LogP contribution in [0.4, 0.5) is 0 Å². The molecule has 0 unspecified atom stereocenters. The first-order valence-electron chi connectivity index (χ1n) is 6.92. The van der Waals surface area contributed by atoms with E-state index in [9.17, 15) is 8.42 Å². The molecule has 5 nitrogen and oxygen atoms in total. The van der Waals surface area contributed by atoms with Crippen molar-refractivity contribution in [3.63, 3.8) is 0 Å². The maximum absolute atomic E-state index is 12.4. The predicted octanol–water partition coefficient (Wildman–Crippen LogP) is 1.09. The van der Waals surface area contributed by atoms with Gasteiger partial charge in [0.2, 0.25) is 10.0 Å². The number of likely N-dealkylation sites (tertiary alicyclic amines) is 1. The third-order valence-corrected chi connectivity index (χ3v) is 6.29. The van der Waals surface area contributed by atoms with E-state index in [1.165, 1.54) is 11.3 Å². The molecule has 1 aliphatic rings. The largest absolute Gasteiger partial charge is 0.315 e. The van der Waals surface area contributed by atoms with Gasteiger partial charge in [0.15, 0.2) is 0 Å². The quantitative estimate of drug-likeness (QED) is 0.824. The number of nitrogens with zero attached hydrogens (tertiary/aromatic N) is 1. The van der Waals surface area contributed by atoms with Gasteiger partial charge in [-0.25, -0.2) is 13.1 Å². The fourth-order valence-corrected chi connectivity index (χ4v) is 5.00. The average molecular weight is 317 g/mol. The van der Waals surface area contributed by atoms with Crippen LogP contribution in [0.15, 0.2) is 16.3 Å². The van der Waals surface area contributed by atoms with E-state index in [0.717, 1.165) is 30.8 Å². The minimum absolute atomic E-state index is 0.421. The lowest BCUT2D eigenvalue weighted by Crippen LogP contribution is -2.37. The lowest BCUT2D eigenvalue weighted by molar-refractivity contribution is 0.220. The van der Waals surface area contributed by atoms with E-state index in [1.807, 2.05) is 12.4 Å². The SMILES string of the molecule is CNCc1sccc1S(=O)(=O)NCC1CCN(C)CC1. The van der Waals surface area contributed by atoms with Gasteiger partial charge >= 0.3 is 0 Å². The second-order valence-corrected chi connectivity index (χ2v) is 8.07. The van der Waals surface area contributed by atoms with Crippen molar-refractivity contribution in [1.29, 1.82) is 0 Å². The average Bonchev–Trinajstić information content (AvgIpc) is 2.88. The molecule has 2 rings (SSSR count). The first-order valence-corrected chi connectivity index (χ1v) is 9.28.